The molecule has 1 fully saturated rings. The Labute approximate surface area is 118 Å². The molecule has 0 bridgehead atoms. The van der Waals surface area contributed by atoms with Crippen LogP contribution in [0.5, 0.6) is 0 Å². The van der Waals surface area contributed by atoms with Crippen molar-refractivity contribution in [2.75, 3.05) is 6.54 Å². The number of carbonyl (C=O) groups is 3. The highest BCUT2D eigenvalue weighted by atomic mass is 16.2. The van der Waals surface area contributed by atoms with E-state index in [1.165, 1.54) is 0 Å². The Morgan fingerprint density at radius 2 is 2.00 bits per heavy atom. The van der Waals surface area contributed by atoms with E-state index in [0.29, 0.717) is 19.4 Å². The first-order valence-electron chi connectivity index (χ1n) is 6.86. The molecular weight excluding hydrogens is 254 g/mol. The van der Waals surface area contributed by atoms with Crippen molar-refractivity contribution in [2.45, 2.75) is 32.2 Å². The van der Waals surface area contributed by atoms with Crippen LogP contribution in [-0.4, -0.2) is 29.9 Å². The molecule has 20 heavy (non-hydrogen) atoms. The van der Waals surface area contributed by atoms with Crippen LogP contribution in [0.2, 0.25) is 0 Å². The lowest BCUT2D eigenvalue weighted by atomic mass is 9.84. The maximum absolute atomic E-state index is 12.2. The van der Waals surface area contributed by atoms with E-state index in [-0.39, 0.29) is 18.4 Å². The Morgan fingerprint density at radius 1 is 1.30 bits per heavy atom. The molecule has 1 aromatic rings. The van der Waals surface area contributed by atoms with Crippen LogP contribution in [-0.2, 0) is 14.4 Å². The number of nitrogens with zero attached hydrogens (tertiary/aromatic N) is 1. The predicted molar refractivity (Wildman–Crippen MR) is 75.0 cm³/mol. The molecular formula is C16H19NO3. The van der Waals surface area contributed by atoms with Crippen molar-refractivity contribution in [3.63, 3.8) is 0 Å². The van der Waals surface area contributed by atoms with Gasteiger partial charge in [0.2, 0.25) is 5.91 Å². The number of carbonyl (C=O) groups excluding carboxylic acids is 3. The van der Waals surface area contributed by atoms with E-state index in [0.717, 1.165) is 18.1 Å². The van der Waals surface area contributed by atoms with Gasteiger partial charge in [-0.2, -0.15) is 0 Å². The monoisotopic (exact) mass is 273 g/mol. The van der Waals surface area contributed by atoms with Crippen molar-refractivity contribution in [3.05, 3.63) is 35.9 Å². The van der Waals surface area contributed by atoms with Crippen molar-refractivity contribution in [2.24, 2.45) is 5.41 Å². The van der Waals surface area contributed by atoms with Crippen LogP contribution in [0.4, 0.5) is 0 Å². The fourth-order valence-corrected chi connectivity index (χ4v) is 2.80. The number of hydrogen-bond acceptors (Lipinski definition) is 3. The molecule has 0 spiro atoms. The van der Waals surface area contributed by atoms with Crippen LogP contribution in [0.3, 0.4) is 0 Å². The number of likely N-dealkylation sites (tertiary alicyclic amines) is 1. The van der Waals surface area contributed by atoms with Gasteiger partial charge < -0.3 is 14.5 Å². The van der Waals surface area contributed by atoms with Gasteiger partial charge in [0.1, 0.15) is 12.6 Å². The normalized spacial score (nSPS) is 23.6. The van der Waals surface area contributed by atoms with Gasteiger partial charge in [-0.15, -0.1) is 0 Å². The summed E-state index contributed by atoms with van der Waals surface area (Å²) in [6, 6.07) is 9.70. The molecule has 0 aromatic heterocycles. The van der Waals surface area contributed by atoms with Crippen LogP contribution >= 0.6 is 0 Å². The van der Waals surface area contributed by atoms with Gasteiger partial charge >= 0.3 is 0 Å². The Kier molecular flexibility index (Phi) is 4.32. The highest BCUT2D eigenvalue weighted by Crippen LogP contribution is 2.38. The molecule has 0 radical (unpaired) electrons. The van der Waals surface area contributed by atoms with Crippen LogP contribution in [0.1, 0.15) is 37.8 Å². The lowest BCUT2D eigenvalue weighted by Crippen LogP contribution is -2.31. The van der Waals surface area contributed by atoms with Crippen LogP contribution in [0.25, 0.3) is 0 Å². The van der Waals surface area contributed by atoms with Crippen molar-refractivity contribution in [1.29, 1.82) is 0 Å². The number of rotatable bonds is 6. The first-order chi connectivity index (χ1) is 9.62. The fraction of sp³-hybridized carbons (Fsp3) is 0.438. The molecule has 4 heteroatoms. The minimum Gasteiger partial charge on any atom is -0.335 e. The molecule has 1 heterocycles. The average molecular weight is 273 g/mol. The SMILES string of the molecule is C[C@H](c1ccccc1)N1C[C@](C=O)(CCC=O)CC1=O. The quantitative estimate of drug-likeness (QED) is 0.746. The summed E-state index contributed by atoms with van der Waals surface area (Å²) in [7, 11) is 0. The smallest absolute Gasteiger partial charge is 0.224 e. The Morgan fingerprint density at radius 3 is 2.60 bits per heavy atom. The minimum absolute atomic E-state index is 0.0145. The number of hydrogen-bond donors (Lipinski definition) is 0. The molecule has 106 valence electrons. The van der Waals surface area contributed by atoms with Crippen molar-refractivity contribution in [3.8, 4) is 0 Å². The highest BCUT2D eigenvalue weighted by molar-refractivity contribution is 5.85. The van der Waals surface area contributed by atoms with Gasteiger partial charge in [-0.05, 0) is 18.9 Å². The Balaban J connectivity index is 2.16. The first-order valence-corrected chi connectivity index (χ1v) is 6.86. The van der Waals surface area contributed by atoms with Gasteiger partial charge in [-0.1, -0.05) is 30.3 Å². The molecule has 0 aliphatic carbocycles. The largest absolute Gasteiger partial charge is 0.335 e. The maximum Gasteiger partial charge on any atom is 0.224 e. The third kappa shape index (κ3) is 2.79. The molecule has 2 atom stereocenters. The van der Waals surface area contributed by atoms with Gasteiger partial charge in [0, 0.05) is 19.4 Å². The van der Waals surface area contributed by atoms with E-state index < -0.39 is 5.41 Å². The third-order valence-corrected chi connectivity index (χ3v) is 4.07. The number of benzene rings is 1. The average Bonchev–Trinajstić information content (AvgIpc) is 2.83. The topological polar surface area (TPSA) is 54.5 Å². The molecule has 4 nitrogen and oxygen atoms in total. The zero-order valence-electron chi connectivity index (χ0n) is 11.6. The third-order valence-electron chi connectivity index (χ3n) is 4.07. The Bertz CT molecular complexity index is 500. The summed E-state index contributed by atoms with van der Waals surface area (Å²) < 4.78 is 0. The van der Waals surface area contributed by atoms with E-state index in [9.17, 15) is 14.4 Å². The second-order valence-corrected chi connectivity index (χ2v) is 5.47. The van der Waals surface area contributed by atoms with E-state index in [1.54, 1.807) is 4.90 Å². The van der Waals surface area contributed by atoms with Crippen molar-refractivity contribution in [1.82, 2.24) is 4.90 Å². The van der Waals surface area contributed by atoms with Gasteiger partial charge in [-0.25, -0.2) is 0 Å². The summed E-state index contributed by atoms with van der Waals surface area (Å²) in [5.74, 6) is -0.0145. The second-order valence-electron chi connectivity index (χ2n) is 5.47. The second kappa shape index (κ2) is 5.99. The highest BCUT2D eigenvalue weighted by Gasteiger charge is 2.44. The first kappa shape index (κ1) is 14.4. The minimum atomic E-state index is -0.693. The zero-order valence-corrected chi connectivity index (χ0v) is 11.6. The molecule has 1 saturated heterocycles. The molecule has 0 N–H and O–H groups in total. The van der Waals surface area contributed by atoms with E-state index in [1.807, 2.05) is 37.3 Å². The summed E-state index contributed by atoms with van der Waals surface area (Å²) in [6.45, 7) is 2.37. The van der Waals surface area contributed by atoms with Crippen LogP contribution in [0, 0.1) is 5.41 Å². The lowest BCUT2D eigenvalue weighted by Gasteiger charge is -2.27. The zero-order chi connectivity index (χ0) is 14.6. The summed E-state index contributed by atoms with van der Waals surface area (Å²) in [4.78, 5) is 35.9. The Hall–Kier alpha value is -1.97. The van der Waals surface area contributed by atoms with Crippen LogP contribution < -0.4 is 0 Å². The van der Waals surface area contributed by atoms with Gasteiger partial charge in [-0.3, -0.25) is 4.79 Å². The summed E-state index contributed by atoms with van der Waals surface area (Å²) >= 11 is 0. The number of aldehydes is 2. The van der Waals surface area contributed by atoms with Gasteiger partial charge in [0.25, 0.3) is 0 Å². The predicted octanol–water partition coefficient (Wildman–Crippen LogP) is 2.14. The molecule has 1 amide bonds. The summed E-state index contributed by atoms with van der Waals surface area (Å²) in [6.07, 6.45) is 2.63. The standard InChI is InChI=1S/C16H19NO3/c1-13(14-6-3-2-4-7-14)17-11-16(12-19,8-5-9-18)10-15(17)20/h2-4,6-7,9,12-13H,5,8,10-11H2,1H3/t13-,16+/m1/s1. The van der Waals surface area contributed by atoms with Crippen molar-refractivity contribution >= 4 is 18.5 Å². The van der Waals surface area contributed by atoms with Gasteiger partial charge in [0.15, 0.2) is 0 Å². The summed E-state index contributed by atoms with van der Waals surface area (Å²) in [5.41, 5.74) is 0.360. The lowest BCUT2D eigenvalue weighted by molar-refractivity contribution is -0.130. The molecule has 1 aromatic carbocycles. The van der Waals surface area contributed by atoms with E-state index >= 15 is 0 Å². The fourth-order valence-electron chi connectivity index (χ4n) is 2.80. The number of amides is 1. The molecule has 1 aliphatic rings. The molecule has 2 rings (SSSR count). The van der Waals surface area contributed by atoms with Crippen LogP contribution in [0.15, 0.2) is 30.3 Å². The summed E-state index contributed by atoms with van der Waals surface area (Å²) in [5, 5.41) is 0. The van der Waals surface area contributed by atoms with Crippen molar-refractivity contribution < 1.29 is 14.4 Å². The van der Waals surface area contributed by atoms with Gasteiger partial charge in [0.05, 0.1) is 11.5 Å². The molecule has 1 aliphatic heterocycles. The van der Waals surface area contributed by atoms with E-state index in [2.05, 4.69) is 0 Å². The molecule has 0 unspecified atom stereocenters. The maximum atomic E-state index is 12.2. The van der Waals surface area contributed by atoms with E-state index in [4.69, 9.17) is 0 Å². The molecule has 0 saturated carbocycles.